The summed E-state index contributed by atoms with van der Waals surface area (Å²) in [6.45, 7) is 0.474. The third-order valence-electron chi connectivity index (χ3n) is 4.45. The lowest BCUT2D eigenvalue weighted by Gasteiger charge is -2.33. The van der Waals surface area contributed by atoms with Gasteiger partial charge in [-0.1, -0.05) is 54.6 Å². The Hall–Kier alpha value is -2.40. The van der Waals surface area contributed by atoms with E-state index < -0.39 is 12.1 Å². The van der Waals surface area contributed by atoms with Crippen molar-refractivity contribution < 1.29 is 19.8 Å². The molecule has 0 aliphatic carbocycles. The number of carboxylic acid groups (broad SMARTS) is 1. The molecule has 0 spiro atoms. The first-order valence-electron chi connectivity index (χ1n) is 9.13. The van der Waals surface area contributed by atoms with Gasteiger partial charge in [0, 0.05) is 25.8 Å². The van der Waals surface area contributed by atoms with Gasteiger partial charge >= 0.3 is 5.97 Å². The molecule has 0 saturated carbocycles. The van der Waals surface area contributed by atoms with Crippen LogP contribution in [0.25, 0.3) is 0 Å². The summed E-state index contributed by atoms with van der Waals surface area (Å²) in [7, 11) is 0. The van der Waals surface area contributed by atoms with Gasteiger partial charge in [-0.25, -0.2) is 0 Å². The third-order valence-corrected chi connectivity index (χ3v) is 4.45. The van der Waals surface area contributed by atoms with Crippen molar-refractivity contribution >= 4 is 11.9 Å². The fourth-order valence-corrected chi connectivity index (χ4v) is 3.08. The highest BCUT2D eigenvalue weighted by Gasteiger charge is 2.25. The van der Waals surface area contributed by atoms with E-state index in [4.69, 9.17) is 5.11 Å². The molecular formula is C21H27NO4. The quantitative estimate of drug-likeness (QED) is 0.666. The van der Waals surface area contributed by atoms with Crippen LogP contribution >= 0.6 is 0 Å². The van der Waals surface area contributed by atoms with Crippen LogP contribution in [0.5, 0.6) is 0 Å². The number of benzene rings is 1. The summed E-state index contributed by atoms with van der Waals surface area (Å²) in [5.74, 6) is -0.719. The number of likely N-dealkylation sites (tertiary alicyclic amines) is 1. The largest absolute Gasteiger partial charge is 0.481 e. The first-order chi connectivity index (χ1) is 12.6. The van der Waals surface area contributed by atoms with Crippen LogP contribution in [0.1, 0.15) is 37.7 Å². The predicted octanol–water partition coefficient (Wildman–Crippen LogP) is 2.95. The van der Waals surface area contributed by atoms with Crippen LogP contribution in [0.2, 0.25) is 0 Å². The van der Waals surface area contributed by atoms with E-state index in [2.05, 4.69) is 0 Å². The molecule has 0 aromatic heterocycles. The maximum Gasteiger partial charge on any atom is 0.303 e. The monoisotopic (exact) mass is 357 g/mol. The first kappa shape index (κ1) is 19.9. The second-order valence-corrected chi connectivity index (χ2v) is 6.55. The van der Waals surface area contributed by atoms with Crippen LogP contribution in [-0.2, 0) is 16.0 Å². The van der Waals surface area contributed by atoms with Gasteiger partial charge in [-0.15, -0.1) is 0 Å². The number of hydrogen-bond donors (Lipinski definition) is 2. The van der Waals surface area contributed by atoms with E-state index in [9.17, 15) is 14.7 Å². The van der Waals surface area contributed by atoms with E-state index in [0.29, 0.717) is 25.8 Å². The molecule has 0 radical (unpaired) electrons. The summed E-state index contributed by atoms with van der Waals surface area (Å²) in [6, 6.07) is 9.78. The van der Waals surface area contributed by atoms with E-state index in [-0.39, 0.29) is 18.4 Å². The lowest BCUT2D eigenvalue weighted by molar-refractivity contribution is -0.137. The maximum absolute atomic E-state index is 12.2. The van der Waals surface area contributed by atoms with Crippen molar-refractivity contribution in [1.82, 2.24) is 4.90 Å². The Bertz CT molecular complexity index is 639. The van der Waals surface area contributed by atoms with E-state index in [1.54, 1.807) is 17.1 Å². The molecule has 26 heavy (non-hydrogen) atoms. The highest BCUT2D eigenvalue weighted by Crippen LogP contribution is 2.19. The molecular weight excluding hydrogens is 330 g/mol. The van der Waals surface area contributed by atoms with E-state index in [1.165, 1.54) is 0 Å². The number of rotatable bonds is 9. The molecule has 1 aliphatic rings. The van der Waals surface area contributed by atoms with Gasteiger partial charge < -0.3 is 15.1 Å². The first-order valence-corrected chi connectivity index (χ1v) is 9.13. The number of carbonyl (C=O) groups is 2. The van der Waals surface area contributed by atoms with Crippen molar-refractivity contribution in [2.75, 3.05) is 6.54 Å². The van der Waals surface area contributed by atoms with Crippen molar-refractivity contribution in [3.8, 4) is 0 Å². The summed E-state index contributed by atoms with van der Waals surface area (Å²) >= 11 is 0. The highest BCUT2D eigenvalue weighted by atomic mass is 16.4. The Morgan fingerprint density at radius 3 is 2.77 bits per heavy atom. The van der Waals surface area contributed by atoms with Crippen molar-refractivity contribution in [2.24, 2.45) is 0 Å². The summed E-state index contributed by atoms with van der Waals surface area (Å²) in [5, 5.41) is 18.9. The number of nitrogens with zero attached hydrogens (tertiary/aromatic N) is 1. The number of carboxylic acids is 1. The lowest BCUT2D eigenvalue weighted by atomic mass is 9.99. The Labute approximate surface area is 154 Å². The molecule has 1 aromatic carbocycles. The van der Waals surface area contributed by atoms with E-state index in [0.717, 1.165) is 18.4 Å². The number of aliphatic hydroxyl groups excluding tert-OH is 1. The molecule has 1 heterocycles. The van der Waals surface area contributed by atoms with E-state index >= 15 is 0 Å². The number of amides is 1. The molecule has 2 atom stereocenters. The summed E-state index contributed by atoms with van der Waals surface area (Å²) in [4.78, 5) is 24.5. The second kappa shape index (κ2) is 10.6. The van der Waals surface area contributed by atoms with Gasteiger partial charge in [0.15, 0.2) is 0 Å². The number of aliphatic hydroxyl groups is 1. The molecule has 140 valence electrons. The van der Waals surface area contributed by atoms with E-state index in [1.807, 2.05) is 42.5 Å². The fourth-order valence-electron chi connectivity index (χ4n) is 3.08. The Morgan fingerprint density at radius 2 is 2.04 bits per heavy atom. The lowest BCUT2D eigenvalue weighted by Crippen LogP contribution is -2.42. The van der Waals surface area contributed by atoms with Gasteiger partial charge in [0.25, 0.3) is 0 Å². The van der Waals surface area contributed by atoms with Gasteiger partial charge in [-0.05, 0) is 24.8 Å². The summed E-state index contributed by atoms with van der Waals surface area (Å²) < 4.78 is 0. The molecule has 1 aliphatic heterocycles. The van der Waals surface area contributed by atoms with Crippen LogP contribution in [0.4, 0.5) is 0 Å². The van der Waals surface area contributed by atoms with Crippen LogP contribution < -0.4 is 0 Å². The van der Waals surface area contributed by atoms with Gasteiger partial charge in [-0.2, -0.15) is 0 Å². The minimum atomic E-state index is -0.822. The number of aliphatic carboxylic acids is 1. The zero-order valence-electron chi connectivity index (χ0n) is 15.0. The van der Waals surface area contributed by atoms with Crippen molar-refractivity contribution in [3.05, 3.63) is 60.2 Å². The molecule has 1 fully saturated rings. The Balaban J connectivity index is 1.89. The van der Waals surface area contributed by atoms with Gasteiger partial charge in [0.05, 0.1) is 12.1 Å². The minimum Gasteiger partial charge on any atom is -0.481 e. The fraction of sp³-hybridized carbons (Fsp3) is 0.429. The number of hydrogen-bond acceptors (Lipinski definition) is 3. The average Bonchev–Trinajstić information content (AvgIpc) is 2.62. The third kappa shape index (κ3) is 6.84. The van der Waals surface area contributed by atoms with Gasteiger partial charge in [-0.3, -0.25) is 9.59 Å². The van der Waals surface area contributed by atoms with Crippen LogP contribution in [0, 0.1) is 0 Å². The minimum absolute atomic E-state index is 0.0224. The molecule has 0 bridgehead atoms. The highest BCUT2D eigenvalue weighted by molar-refractivity contribution is 5.77. The van der Waals surface area contributed by atoms with Crippen molar-refractivity contribution in [2.45, 2.75) is 50.7 Å². The van der Waals surface area contributed by atoms with Gasteiger partial charge in [0.2, 0.25) is 5.91 Å². The molecule has 5 heteroatoms. The smallest absolute Gasteiger partial charge is 0.303 e. The van der Waals surface area contributed by atoms with Gasteiger partial charge in [0.1, 0.15) is 0 Å². The van der Waals surface area contributed by atoms with Crippen LogP contribution in [0.15, 0.2) is 54.6 Å². The molecule has 1 amide bonds. The zero-order valence-corrected chi connectivity index (χ0v) is 15.0. The van der Waals surface area contributed by atoms with Crippen molar-refractivity contribution in [1.29, 1.82) is 0 Å². The summed E-state index contributed by atoms with van der Waals surface area (Å²) in [5.41, 5.74) is 1.07. The molecule has 2 N–H and O–H groups in total. The van der Waals surface area contributed by atoms with Crippen molar-refractivity contribution in [3.63, 3.8) is 0 Å². The Morgan fingerprint density at radius 1 is 1.27 bits per heavy atom. The number of allylic oxidation sites excluding steroid dienone is 1. The standard InChI is InChI=1S/C21H27NO4/c23-19(16-17-8-3-1-4-9-17)14-13-18-10-7-11-20(24)22(18)15-6-2-5-12-21(25)26/h1-4,6,8-9,13-14,18-19,23H,5,7,10-12,15-16H2,(H,25,26)/t18-,19?/m1/s1. The molecule has 2 rings (SSSR count). The Kier molecular flexibility index (Phi) is 8.09. The second-order valence-electron chi connectivity index (χ2n) is 6.55. The zero-order chi connectivity index (χ0) is 18.8. The SMILES string of the molecule is O=C(O)CCC=CCN1C(=O)CCC[C@@H]1C=CC(O)Cc1ccccc1. The molecule has 1 aromatic rings. The maximum atomic E-state index is 12.2. The number of carbonyl (C=O) groups excluding carboxylic acids is 1. The predicted molar refractivity (Wildman–Crippen MR) is 101 cm³/mol. The average molecular weight is 357 g/mol. The normalized spacial score (nSPS) is 19.3. The van der Waals surface area contributed by atoms with Crippen LogP contribution in [0.3, 0.4) is 0 Å². The van der Waals surface area contributed by atoms with Crippen LogP contribution in [-0.4, -0.2) is 45.7 Å². The summed E-state index contributed by atoms with van der Waals surface area (Å²) in [6.07, 6.45) is 10.2. The number of piperidine rings is 1. The molecule has 1 unspecified atom stereocenters. The molecule has 1 saturated heterocycles. The molecule has 5 nitrogen and oxygen atoms in total. The topological polar surface area (TPSA) is 77.8 Å².